The van der Waals surface area contributed by atoms with Crippen LogP contribution in [0.15, 0.2) is 28.7 Å². The van der Waals surface area contributed by atoms with Gasteiger partial charge in [0, 0.05) is 23.0 Å². The van der Waals surface area contributed by atoms with Crippen molar-refractivity contribution in [3.63, 3.8) is 0 Å². The van der Waals surface area contributed by atoms with Crippen LogP contribution in [0.3, 0.4) is 0 Å². The molecule has 1 fully saturated rings. The summed E-state index contributed by atoms with van der Waals surface area (Å²) in [5, 5.41) is 3.36. The van der Waals surface area contributed by atoms with Crippen LogP contribution in [0, 0.1) is 0 Å². The highest BCUT2D eigenvalue weighted by Crippen LogP contribution is 2.26. The van der Waals surface area contributed by atoms with E-state index >= 15 is 0 Å². The van der Waals surface area contributed by atoms with Crippen LogP contribution in [0.1, 0.15) is 18.4 Å². The molecule has 1 nitrogen and oxygen atoms in total. The summed E-state index contributed by atoms with van der Waals surface area (Å²) in [4.78, 5) is 0. The summed E-state index contributed by atoms with van der Waals surface area (Å²) < 4.78 is 1.16. The Balaban J connectivity index is 2.18. The molecular formula is C10H12BrN. The van der Waals surface area contributed by atoms with E-state index < -0.39 is 0 Å². The van der Waals surface area contributed by atoms with Gasteiger partial charge in [-0.1, -0.05) is 28.1 Å². The highest BCUT2D eigenvalue weighted by atomic mass is 79.9. The maximum Gasteiger partial charge on any atom is 0.0175 e. The second kappa shape index (κ2) is 3.19. The predicted molar refractivity (Wildman–Crippen MR) is 54.3 cm³/mol. The minimum absolute atomic E-state index is 0.645. The lowest BCUT2D eigenvalue weighted by molar-refractivity contribution is 0.334. The van der Waals surface area contributed by atoms with E-state index in [1.54, 1.807) is 0 Å². The van der Waals surface area contributed by atoms with E-state index in [1.165, 1.54) is 5.56 Å². The highest BCUT2D eigenvalue weighted by molar-refractivity contribution is 9.10. The molecule has 2 atom stereocenters. The van der Waals surface area contributed by atoms with Gasteiger partial charge in [0.2, 0.25) is 0 Å². The molecule has 2 heteroatoms. The van der Waals surface area contributed by atoms with Crippen molar-refractivity contribution in [2.45, 2.75) is 18.9 Å². The van der Waals surface area contributed by atoms with Crippen LogP contribution in [0.2, 0.25) is 0 Å². The Bertz CT molecular complexity index is 268. The lowest BCUT2D eigenvalue weighted by Gasteiger charge is -2.35. The van der Waals surface area contributed by atoms with Crippen molar-refractivity contribution in [3.05, 3.63) is 34.3 Å². The summed E-state index contributed by atoms with van der Waals surface area (Å²) in [5.41, 5.74) is 1.45. The monoisotopic (exact) mass is 225 g/mol. The Kier molecular flexibility index (Phi) is 2.20. The quantitative estimate of drug-likeness (QED) is 0.775. The van der Waals surface area contributed by atoms with E-state index in [-0.39, 0.29) is 0 Å². The molecule has 64 valence electrons. The van der Waals surface area contributed by atoms with Crippen LogP contribution >= 0.6 is 15.9 Å². The Hall–Kier alpha value is -0.340. The first-order chi connectivity index (χ1) is 5.77. The molecule has 0 amide bonds. The van der Waals surface area contributed by atoms with E-state index in [2.05, 4.69) is 52.4 Å². The van der Waals surface area contributed by atoms with Gasteiger partial charge in [0.15, 0.2) is 0 Å². The van der Waals surface area contributed by atoms with Gasteiger partial charge in [0.05, 0.1) is 0 Å². The largest absolute Gasteiger partial charge is 0.313 e. The van der Waals surface area contributed by atoms with Crippen molar-refractivity contribution in [2.24, 2.45) is 0 Å². The molecule has 1 aromatic rings. The fourth-order valence-corrected chi connectivity index (χ4v) is 1.85. The van der Waals surface area contributed by atoms with Crippen molar-refractivity contribution in [2.75, 3.05) is 6.54 Å². The van der Waals surface area contributed by atoms with Crippen molar-refractivity contribution in [1.29, 1.82) is 0 Å². The number of nitrogens with one attached hydrogen (secondary N) is 1. The van der Waals surface area contributed by atoms with Gasteiger partial charge in [0.25, 0.3) is 0 Å². The van der Waals surface area contributed by atoms with Gasteiger partial charge in [-0.2, -0.15) is 0 Å². The van der Waals surface area contributed by atoms with Crippen LogP contribution in [0.5, 0.6) is 0 Å². The van der Waals surface area contributed by atoms with Gasteiger partial charge in [-0.05, 0) is 24.6 Å². The summed E-state index contributed by atoms with van der Waals surface area (Å²) in [7, 11) is 0. The van der Waals surface area contributed by atoms with Gasteiger partial charge < -0.3 is 5.32 Å². The van der Waals surface area contributed by atoms with Crippen LogP contribution in [-0.2, 0) is 0 Å². The number of hydrogen-bond donors (Lipinski definition) is 1. The van der Waals surface area contributed by atoms with E-state index in [9.17, 15) is 0 Å². The van der Waals surface area contributed by atoms with Gasteiger partial charge >= 0.3 is 0 Å². The topological polar surface area (TPSA) is 12.0 Å². The molecule has 1 aliphatic rings. The number of benzene rings is 1. The molecule has 0 aliphatic carbocycles. The fraction of sp³-hybridized carbons (Fsp3) is 0.400. The van der Waals surface area contributed by atoms with E-state index in [4.69, 9.17) is 0 Å². The molecule has 1 aromatic carbocycles. The molecule has 1 saturated heterocycles. The molecule has 12 heavy (non-hydrogen) atoms. The average Bonchev–Trinajstić information content (AvgIpc) is 2.06. The van der Waals surface area contributed by atoms with Gasteiger partial charge in [-0.3, -0.25) is 0 Å². The molecule has 0 spiro atoms. The Morgan fingerprint density at radius 3 is 2.42 bits per heavy atom. The Labute approximate surface area is 81.3 Å². The summed E-state index contributed by atoms with van der Waals surface area (Å²) in [5.74, 6) is 0.720. The van der Waals surface area contributed by atoms with Crippen LogP contribution < -0.4 is 5.32 Å². The van der Waals surface area contributed by atoms with Crippen molar-refractivity contribution >= 4 is 15.9 Å². The van der Waals surface area contributed by atoms with E-state index in [1.807, 2.05) is 0 Å². The van der Waals surface area contributed by atoms with Gasteiger partial charge in [-0.25, -0.2) is 0 Å². The highest BCUT2D eigenvalue weighted by Gasteiger charge is 2.26. The molecule has 1 heterocycles. The number of rotatable bonds is 1. The smallest absolute Gasteiger partial charge is 0.0175 e. The van der Waals surface area contributed by atoms with E-state index in [0.29, 0.717) is 6.04 Å². The molecule has 0 saturated carbocycles. The summed E-state index contributed by atoms with van der Waals surface area (Å²) in [6.07, 6.45) is 0. The molecule has 0 aromatic heterocycles. The SMILES string of the molecule is CC1NCC1c1ccc(Br)cc1. The fourth-order valence-electron chi connectivity index (χ4n) is 1.59. The second-order valence-electron chi connectivity index (χ2n) is 3.35. The molecule has 0 bridgehead atoms. The van der Waals surface area contributed by atoms with Gasteiger partial charge in [0.1, 0.15) is 0 Å². The average molecular weight is 226 g/mol. The summed E-state index contributed by atoms with van der Waals surface area (Å²) in [6, 6.07) is 9.27. The molecule has 2 rings (SSSR count). The molecule has 1 aliphatic heterocycles. The van der Waals surface area contributed by atoms with Crippen LogP contribution in [-0.4, -0.2) is 12.6 Å². The first-order valence-electron chi connectivity index (χ1n) is 4.26. The second-order valence-corrected chi connectivity index (χ2v) is 4.27. The van der Waals surface area contributed by atoms with Crippen molar-refractivity contribution in [1.82, 2.24) is 5.32 Å². The summed E-state index contributed by atoms with van der Waals surface area (Å²) in [6.45, 7) is 3.36. The number of hydrogen-bond acceptors (Lipinski definition) is 1. The zero-order chi connectivity index (χ0) is 8.55. The zero-order valence-corrected chi connectivity index (χ0v) is 8.64. The van der Waals surface area contributed by atoms with Crippen LogP contribution in [0.4, 0.5) is 0 Å². The minimum Gasteiger partial charge on any atom is -0.313 e. The predicted octanol–water partition coefficient (Wildman–Crippen LogP) is 2.52. The normalized spacial score (nSPS) is 28.2. The van der Waals surface area contributed by atoms with Crippen molar-refractivity contribution < 1.29 is 0 Å². The zero-order valence-electron chi connectivity index (χ0n) is 7.05. The third-order valence-electron chi connectivity index (χ3n) is 2.56. The number of halogens is 1. The Morgan fingerprint density at radius 1 is 1.33 bits per heavy atom. The van der Waals surface area contributed by atoms with Crippen LogP contribution in [0.25, 0.3) is 0 Å². The molecule has 2 unspecified atom stereocenters. The van der Waals surface area contributed by atoms with Crippen molar-refractivity contribution in [3.8, 4) is 0 Å². The third-order valence-corrected chi connectivity index (χ3v) is 3.09. The standard InChI is InChI=1S/C10H12BrN/c1-7-10(6-12-7)8-2-4-9(11)5-3-8/h2-5,7,10,12H,6H2,1H3. The molecular weight excluding hydrogens is 214 g/mol. The Morgan fingerprint density at radius 2 is 2.00 bits per heavy atom. The summed E-state index contributed by atoms with van der Waals surface area (Å²) >= 11 is 3.43. The lowest BCUT2D eigenvalue weighted by Crippen LogP contribution is -2.48. The lowest BCUT2D eigenvalue weighted by atomic mass is 9.86. The maximum atomic E-state index is 3.43. The third kappa shape index (κ3) is 1.41. The molecule has 1 N–H and O–H groups in total. The maximum absolute atomic E-state index is 3.43. The minimum atomic E-state index is 0.645. The molecule has 0 radical (unpaired) electrons. The first-order valence-corrected chi connectivity index (χ1v) is 5.05. The van der Waals surface area contributed by atoms with Gasteiger partial charge in [-0.15, -0.1) is 0 Å². The first kappa shape index (κ1) is 8.27. The van der Waals surface area contributed by atoms with E-state index in [0.717, 1.165) is 16.9 Å².